The fourth-order valence-electron chi connectivity index (χ4n) is 2.18. The first-order valence-corrected chi connectivity index (χ1v) is 6.77. The summed E-state index contributed by atoms with van der Waals surface area (Å²) in [6.07, 6.45) is 5.07. The number of hydrogen-bond donors (Lipinski definition) is 1. The normalized spacial score (nSPS) is 14.8. The average Bonchev–Trinajstić information content (AvgIpc) is 2.73. The molecular weight excluding hydrogens is 212 g/mol. The molecule has 1 N–H and O–H groups in total. The van der Waals surface area contributed by atoms with Gasteiger partial charge in [0.2, 0.25) is 0 Å². The van der Waals surface area contributed by atoms with Gasteiger partial charge in [0.15, 0.2) is 0 Å². The molecule has 0 fully saturated rings. The average molecular weight is 238 g/mol. The summed E-state index contributed by atoms with van der Waals surface area (Å²) in [5, 5.41) is 7.73. The number of nitrogens with one attached hydrogen (secondary N) is 1. The summed E-state index contributed by atoms with van der Waals surface area (Å²) in [5.74, 6) is 1.76. The highest BCUT2D eigenvalue weighted by atomic mass is 15.3. The molecule has 0 saturated heterocycles. The maximum Gasteiger partial charge on any atom is 0.138 e. The quantitative estimate of drug-likeness (QED) is 0.755. The third kappa shape index (κ3) is 4.86. The van der Waals surface area contributed by atoms with Gasteiger partial charge in [-0.25, -0.2) is 4.98 Å². The highest BCUT2D eigenvalue weighted by Gasteiger charge is 2.12. The molecule has 0 amide bonds. The molecular formula is C13H26N4. The first-order valence-electron chi connectivity index (χ1n) is 6.77. The molecule has 2 unspecified atom stereocenters. The third-order valence-electron chi connectivity index (χ3n) is 3.03. The highest BCUT2D eigenvalue weighted by Crippen LogP contribution is 2.12. The fourth-order valence-corrected chi connectivity index (χ4v) is 2.18. The van der Waals surface area contributed by atoms with E-state index in [9.17, 15) is 0 Å². The number of rotatable bonds is 8. The van der Waals surface area contributed by atoms with Crippen LogP contribution in [-0.4, -0.2) is 27.4 Å². The van der Waals surface area contributed by atoms with Crippen LogP contribution in [0.1, 0.15) is 46.4 Å². The summed E-state index contributed by atoms with van der Waals surface area (Å²) < 4.78 is 1.99. The minimum absolute atomic E-state index is 0.586. The predicted molar refractivity (Wildman–Crippen MR) is 70.9 cm³/mol. The Bertz CT molecular complexity index is 308. The molecule has 0 saturated carbocycles. The van der Waals surface area contributed by atoms with Gasteiger partial charge in [-0.05, 0) is 39.2 Å². The molecule has 4 heteroatoms. The van der Waals surface area contributed by atoms with E-state index in [-0.39, 0.29) is 0 Å². The number of aryl methyl sites for hydroxylation is 1. The van der Waals surface area contributed by atoms with Crippen LogP contribution in [0.3, 0.4) is 0 Å². The van der Waals surface area contributed by atoms with Crippen molar-refractivity contribution in [3.63, 3.8) is 0 Å². The zero-order valence-corrected chi connectivity index (χ0v) is 11.6. The van der Waals surface area contributed by atoms with Crippen LogP contribution in [0.4, 0.5) is 0 Å². The van der Waals surface area contributed by atoms with Crippen LogP contribution in [-0.2, 0) is 13.0 Å². The summed E-state index contributed by atoms with van der Waals surface area (Å²) in [6, 6.07) is 0.586. The van der Waals surface area contributed by atoms with E-state index in [4.69, 9.17) is 0 Å². The van der Waals surface area contributed by atoms with Gasteiger partial charge in [-0.2, -0.15) is 5.10 Å². The van der Waals surface area contributed by atoms with Crippen LogP contribution in [0.5, 0.6) is 0 Å². The molecule has 4 nitrogen and oxygen atoms in total. The third-order valence-corrected chi connectivity index (χ3v) is 3.03. The second kappa shape index (κ2) is 7.43. The van der Waals surface area contributed by atoms with Crippen LogP contribution in [0.2, 0.25) is 0 Å². The summed E-state index contributed by atoms with van der Waals surface area (Å²) in [6.45, 7) is 10.9. The molecule has 0 aromatic carbocycles. The Morgan fingerprint density at radius 2 is 2.12 bits per heavy atom. The van der Waals surface area contributed by atoms with Crippen LogP contribution < -0.4 is 5.32 Å². The van der Waals surface area contributed by atoms with Crippen molar-refractivity contribution in [2.75, 3.05) is 6.54 Å². The van der Waals surface area contributed by atoms with E-state index in [1.165, 1.54) is 12.8 Å². The van der Waals surface area contributed by atoms with E-state index in [0.717, 1.165) is 25.3 Å². The van der Waals surface area contributed by atoms with Crippen molar-refractivity contribution in [3.05, 3.63) is 12.2 Å². The topological polar surface area (TPSA) is 42.7 Å². The molecule has 2 atom stereocenters. The lowest BCUT2D eigenvalue weighted by molar-refractivity contribution is 0.408. The predicted octanol–water partition coefficient (Wildman–Crippen LogP) is 2.25. The van der Waals surface area contributed by atoms with Gasteiger partial charge in [-0.3, -0.25) is 4.68 Å². The van der Waals surface area contributed by atoms with Crippen molar-refractivity contribution >= 4 is 0 Å². The Balaban J connectivity index is 2.36. The van der Waals surface area contributed by atoms with Crippen LogP contribution in [0, 0.1) is 5.92 Å². The second-order valence-electron chi connectivity index (χ2n) is 4.89. The van der Waals surface area contributed by atoms with E-state index in [1.54, 1.807) is 6.33 Å². The molecule has 98 valence electrons. The Labute approximate surface area is 105 Å². The van der Waals surface area contributed by atoms with Crippen molar-refractivity contribution in [2.24, 2.45) is 5.92 Å². The maximum absolute atomic E-state index is 4.33. The Morgan fingerprint density at radius 1 is 1.35 bits per heavy atom. The first-order chi connectivity index (χ1) is 8.17. The van der Waals surface area contributed by atoms with Gasteiger partial charge >= 0.3 is 0 Å². The van der Waals surface area contributed by atoms with Gasteiger partial charge in [0.1, 0.15) is 12.2 Å². The van der Waals surface area contributed by atoms with E-state index in [2.05, 4.69) is 43.1 Å². The van der Waals surface area contributed by atoms with Gasteiger partial charge in [0, 0.05) is 19.0 Å². The molecule has 0 aliphatic heterocycles. The molecule has 1 rings (SSSR count). The van der Waals surface area contributed by atoms with Crippen LogP contribution >= 0.6 is 0 Å². The van der Waals surface area contributed by atoms with Crippen LogP contribution in [0.15, 0.2) is 6.33 Å². The zero-order chi connectivity index (χ0) is 12.7. The van der Waals surface area contributed by atoms with E-state index in [0.29, 0.717) is 12.0 Å². The smallest absolute Gasteiger partial charge is 0.138 e. The first kappa shape index (κ1) is 14.2. The lowest BCUT2D eigenvalue weighted by Gasteiger charge is -2.18. The molecule has 17 heavy (non-hydrogen) atoms. The van der Waals surface area contributed by atoms with Gasteiger partial charge in [0.05, 0.1) is 0 Å². The van der Waals surface area contributed by atoms with Crippen molar-refractivity contribution in [1.82, 2.24) is 20.1 Å². The summed E-state index contributed by atoms with van der Waals surface area (Å²) >= 11 is 0. The van der Waals surface area contributed by atoms with E-state index < -0.39 is 0 Å². The lowest BCUT2D eigenvalue weighted by atomic mass is 9.99. The fraction of sp³-hybridized carbons (Fsp3) is 0.846. The molecule has 0 bridgehead atoms. The summed E-state index contributed by atoms with van der Waals surface area (Å²) in [4.78, 5) is 4.33. The molecule has 1 aromatic rings. The Kier molecular flexibility index (Phi) is 6.19. The molecule has 1 heterocycles. The van der Waals surface area contributed by atoms with Gasteiger partial charge in [-0.1, -0.05) is 13.8 Å². The largest absolute Gasteiger partial charge is 0.314 e. The van der Waals surface area contributed by atoms with Gasteiger partial charge in [-0.15, -0.1) is 0 Å². The summed E-state index contributed by atoms with van der Waals surface area (Å²) in [7, 11) is 0. The Morgan fingerprint density at radius 3 is 2.76 bits per heavy atom. The molecule has 0 radical (unpaired) electrons. The lowest BCUT2D eigenvalue weighted by Crippen LogP contribution is -2.29. The minimum atomic E-state index is 0.586. The SMILES string of the molecule is CCCNC(C)CC(C)Cc1ncnn1CC. The monoisotopic (exact) mass is 238 g/mol. The highest BCUT2D eigenvalue weighted by molar-refractivity contribution is 4.87. The molecule has 1 aromatic heterocycles. The zero-order valence-electron chi connectivity index (χ0n) is 11.6. The second-order valence-corrected chi connectivity index (χ2v) is 4.89. The minimum Gasteiger partial charge on any atom is -0.314 e. The molecule has 0 aliphatic carbocycles. The maximum atomic E-state index is 4.33. The van der Waals surface area contributed by atoms with E-state index in [1.807, 2.05) is 4.68 Å². The Hall–Kier alpha value is -0.900. The van der Waals surface area contributed by atoms with Gasteiger partial charge in [0.25, 0.3) is 0 Å². The number of aromatic nitrogens is 3. The van der Waals surface area contributed by atoms with Crippen molar-refractivity contribution in [1.29, 1.82) is 0 Å². The standard InChI is InChI=1S/C13H26N4/c1-5-7-14-12(4)8-11(3)9-13-15-10-16-17(13)6-2/h10-12,14H,5-9H2,1-4H3. The van der Waals surface area contributed by atoms with Crippen molar-refractivity contribution < 1.29 is 0 Å². The van der Waals surface area contributed by atoms with Crippen LogP contribution in [0.25, 0.3) is 0 Å². The van der Waals surface area contributed by atoms with Crippen molar-refractivity contribution in [3.8, 4) is 0 Å². The van der Waals surface area contributed by atoms with Crippen molar-refractivity contribution in [2.45, 2.75) is 59.5 Å². The number of hydrogen-bond acceptors (Lipinski definition) is 3. The van der Waals surface area contributed by atoms with E-state index >= 15 is 0 Å². The van der Waals surface area contributed by atoms with Gasteiger partial charge < -0.3 is 5.32 Å². The molecule has 0 aliphatic rings. The summed E-state index contributed by atoms with van der Waals surface area (Å²) in [5.41, 5.74) is 0. The molecule has 0 spiro atoms. The number of nitrogens with zero attached hydrogens (tertiary/aromatic N) is 3.